The lowest BCUT2D eigenvalue weighted by molar-refractivity contribution is 0.289. The van der Waals surface area contributed by atoms with E-state index in [-0.39, 0.29) is 11.8 Å². The van der Waals surface area contributed by atoms with E-state index < -0.39 is 10.0 Å². The van der Waals surface area contributed by atoms with Gasteiger partial charge in [0.15, 0.2) is 5.82 Å². The molecule has 0 amide bonds. The van der Waals surface area contributed by atoms with Gasteiger partial charge in [0, 0.05) is 12.5 Å². The summed E-state index contributed by atoms with van der Waals surface area (Å²) in [7, 11) is -3.20. The van der Waals surface area contributed by atoms with Crippen molar-refractivity contribution >= 4 is 10.0 Å². The molecule has 7 heteroatoms. The Bertz CT molecular complexity index is 550. The van der Waals surface area contributed by atoms with Crippen molar-refractivity contribution in [3.8, 4) is 0 Å². The first kappa shape index (κ1) is 13.1. The maximum absolute atomic E-state index is 12.2. The Morgan fingerprint density at radius 2 is 2.16 bits per heavy atom. The van der Waals surface area contributed by atoms with Gasteiger partial charge in [0.1, 0.15) is 6.04 Å². The summed E-state index contributed by atoms with van der Waals surface area (Å²) in [5.74, 6) is 1.83. The Kier molecular flexibility index (Phi) is 3.34. The number of aromatic nitrogens is 2. The highest BCUT2D eigenvalue weighted by Crippen LogP contribution is 2.40. The van der Waals surface area contributed by atoms with Gasteiger partial charge in [-0.05, 0) is 32.1 Å². The maximum Gasteiger partial charge on any atom is 0.245 e. The molecular formula is C12H19N3O3S. The summed E-state index contributed by atoms with van der Waals surface area (Å²) in [6.45, 7) is 2.44. The standard InChI is InChI=1S/C12H19N3O3S/c1-2-8-19(16,17)15-7-3-4-10(15)12-13-11(14-18-12)9-5-6-9/h9-10H,2-8H2,1H3. The second kappa shape index (κ2) is 4.86. The third kappa shape index (κ3) is 2.53. The first-order chi connectivity index (χ1) is 9.12. The lowest BCUT2D eigenvalue weighted by Crippen LogP contribution is -2.32. The number of hydrogen-bond donors (Lipinski definition) is 0. The minimum Gasteiger partial charge on any atom is -0.338 e. The highest BCUT2D eigenvalue weighted by atomic mass is 32.2. The molecule has 0 spiro atoms. The molecule has 1 aromatic heterocycles. The van der Waals surface area contributed by atoms with E-state index in [9.17, 15) is 8.42 Å². The quantitative estimate of drug-likeness (QED) is 0.824. The van der Waals surface area contributed by atoms with Crippen molar-refractivity contribution in [2.24, 2.45) is 0 Å². The van der Waals surface area contributed by atoms with E-state index >= 15 is 0 Å². The Labute approximate surface area is 113 Å². The van der Waals surface area contributed by atoms with E-state index in [1.165, 1.54) is 0 Å². The van der Waals surface area contributed by atoms with E-state index in [1.54, 1.807) is 4.31 Å². The largest absolute Gasteiger partial charge is 0.338 e. The molecule has 106 valence electrons. The monoisotopic (exact) mass is 285 g/mol. The van der Waals surface area contributed by atoms with Crippen LogP contribution in [0.25, 0.3) is 0 Å². The zero-order valence-corrected chi connectivity index (χ0v) is 11.9. The van der Waals surface area contributed by atoms with Crippen molar-refractivity contribution in [3.05, 3.63) is 11.7 Å². The molecule has 2 fully saturated rings. The molecule has 1 aromatic rings. The summed E-state index contributed by atoms with van der Waals surface area (Å²) in [6.07, 6.45) is 4.48. The van der Waals surface area contributed by atoms with Crippen LogP contribution in [0.1, 0.15) is 62.7 Å². The molecule has 0 aromatic carbocycles. The van der Waals surface area contributed by atoms with Gasteiger partial charge in [-0.3, -0.25) is 0 Å². The van der Waals surface area contributed by atoms with Crippen molar-refractivity contribution in [3.63, 3.8) is 0 Å². The van der Waals surface area contributed by atoms with Crippen LogP contribution in [0.3, 0.4) is 0 Å². The Hall–Kier alpha value is -0.950. The molecule has 6 nitrogen and oxygen atoms in total. The fourth-order valence-corrected chi connectivity index (χ4v) is 4.33. The number of sulfonamides is 1. The highest BCUT2D eigenvalue weighted by Gasteiger charge is 2.39. The molecule has 1 saturated carbocycles. The fraction of sp³-hybridized carbons (Fsp3) is 0.833. The predicted molar refractivity (Wildman–Crippen MR) is 69.0 cm³/mol. The smallest absolute Gasteiger partial charge is 0.245 e. The number of rotatable bonds is 5. The summed E-state index contributed by atoms with van der Waals surface area (Å²) in [5, 5.41) is 3.98. The maximum atomic E-state index is 12.2. The summed E-state index contributed by atoms with van der Waals surface area (Å²) in [4.78, 5) is 4.39. The molecule has 1 aliphatic heterocycles. The first-order valence-electron chi connectivity index (χ1n) is 6.95. The van der Waals surface area contributed by atoms with Crippen molar-refractivity contribution in [1.82, 2.24) is 14.4 Å². The lowest BCUT2D eigenvalue weighted by atomic mass is 10.2. The van der Waals surface area contributed by atoms with Gasteiger partial charge in [0.2, 0.25) is 15.9 Å². The number of hydrogen-bond acceptors (Lipinski definition) is 5. The fourth-order valence-electron chi connectivity index (χ4n) is 2.59. The van der Waals surface area contributed by atoms with Crippen LogP contribution in [0, 0.1) is 0 Å². The van der Waals surface area contributed by atoms with Gasteiger partial charge in [-0.2, -0.15) is 9.29 Å². The van der Waals surface area contributed by atoms with Crippen molar-refractivity contribution in [2.75, 3.05) is 12.3 Å². The molecule has 3 rings (SSSR count). The van der Waals surface area contributed by atoms with Crippen LogP contribution in [0.15, 0.2) is 4.52 Å². The molecule has 0 bridgehead atoms. The van der Waals surface area contributed by atoms with E-state index in [1.807, 2.05) is 6.92 Å². The minimum absolute atomic E-state index is 0.188. The van der Waals surface area contributed by atoms with Crippen LogP contribution in [0.5, 0.6) is 0 Å². The van der Waals surface area contributed by atoms with E-state index in [4.69, 9.17) is 4.52 Å². The van der Waals surface area contributed by atoms with Crippen LogP contribution < -0.4 is 0 Å². The van der Waals surface area contributed by atoms with Crippen LogP contribution >= 0.6 is 0 Å². The van der Waals surface area contributed by atoms with E-state index in [0.29, 0.717) is 24.8 Å². The van der Waals surface area contributed by atoms with Crippen LogP contribution in [-0.4, -0.2) is 35.2 Å². The lowest BCUT2D eigenvalue weighted by Gasteiger charge is -2.20. The van der Waals surface area contributed by atoms with Gasteiger partial charge in [-0.1, -0.05) is 12.1 Å². The third-order valence-corrected chi connectivity index (χ3v) is 5.78. The van der Waals surface area contributed by atoms with Gasteiger partial charge in [-0.25, -0.2) is 8.42 Å². The van der Waals surface area contributed by atoms with Gasteiger partial charge in [0.25, 0.3) is 0 Å². The number of nitrogens with zero attached hydrogens (tertiary/aromatic N) is 3. The average molecular weight is 285 g/mol. The van der Waals surface area contributed by atoms with Crippen molar-refractivity contribution in [2.45, 2.75) is 51.0 Å². The molecule has 0 N–H and O–H groups in total. The molecule has 1 aliphatic carbocycles. The predicted octanol–water partition coefficient (Wildman–Crippen LogP) is 1.82. The summed E-state index contributed by atoms with van der Waals surface area (Å²) in [6, 6.07) is -0.253. The van der Waals surface area contributed by atoms with E-state index in [0.717, 1.165) is 31.5 Å². The summed E-state index contributed by atoms with van der Waals surface area (Å²) < 4.78 is 31.2. The molecule has 0 radical (unpaired) electrons. The van der Waals surface area contributed by atoms with E-state index in [2.05, 4.69) is 10.1 Å². The van der Waals surface area contributed by atoms with Gasteiger partial charge in [0.05, 0.1) is 5.75 Å². The van der Waals surface area contributed by atoms with Crippen LogP contribution in [0.4, 0.5) is 0 Å². The second-order valence-corrected chi connectivity index (χ2v) is 7.39. The molecular weight excluding hydrogens is 266 g/mol. The minimum atomic E-state index is -3.20. The first-order valence-corrected chi connectivity index (χ1v) is 8.55. The zero-order chi connectivity index (χ0) is 13.5. The molecule has 1 atom stereocenters. The highest BCUT2D eigenvalue weighted by molar-refractivity contribution is 7.89. The van der Waals surface area contributed by atoms with Crippen molar-refractivity contribution in [1.29, 1.82) is 0 Å². The Morgan fingerprint density at radius 3 is 2.84 bits per heavy atom. The third-order valence-electron chi connectivity index (χ3n) is 3.71. The van der Waals surface area contributed by atoms with Gasteiger partial charge < -0.3 is 4.52 Å². The normalized spacial score (nSPS) is 25.0. The van der Waals surface area contributed by atoms with Gasteiger partial charge >= 0.3 is 0 Å². The SMILES string of the molecule is CCCS(=O)(=O)N1CCCC1c1nc(C2CC2)no1. The Morgan fingerprint density at radius 1 is 1.37 bits per heavy atom. The summed E-state index contributed by atoms with van der Waals surface area (Å²) in [5.41, 5.74) is 0. The molecule has 2 aliphatic rings. The van der Waals surface area contributed by atoms with Crippen LogP contribution in [-0.2, 0) is 10.0 Å². The Balaban J connectivity index is 1.81. The molecule has 1 saturated heterocycles. The van der Waals surface area contributed by atoms with Crippen LogP contribution in [0.2, 0.25) is 0 Å². The molecule has 2 heterocycles. The molecule has 1 unspecified atom stereocenters. The topological polar surface area (TPSA) is 76.3 Å². The zero-order valence-electron chi connectivity index (χ0n) is 11.1. The van der Waals surface area contributed by atoms with Crippen molar-refractivity contribution < 1.29 is 12.9 Å². The average Bonchev–Trinajstić information content (AvgIpc) is 2.92. The van der Waals surface area contributed by atoms with Gasteiger partial charge in [-0.15, -0.1) is 0 Å². The molecule has 19 heavy (non-hydrogen) atoms. The second-order valence-electron chi connectivity index (χ2n) is 5.35. The summed E-state index contributed by atoms with van der Waals surface area (Å²) >= 11 is 0.